The van der Waals surface area contributed by atoms with Crippen LogP contribution < -0.4 is 10.1 Å². The van der Waals surface area contributed by atoms with Crippen molar-refractivity contribution in [2.45, 2.75) is 63.6 Å². The molecule has 26 heavy (non-hydrogen) atoms. The number of rotatable bonds is 8. The van der Waals surface area contributed by atoms with Gasteiger partial charge in [0.1, 0.15) is 11.4 Å². The van der Waals surface area contributed by atoms with Gasteiger partial charge in [0.2, 0.25) is 0 Å². The maximum atomic E-state index is 12.7. The van der Waals surface area contributed by atoms with Crippen molar-refractivity contribution < 1.29 is 19.0 Å². The fourth-order valence-electron chi connectivity index (χ4n) is 3.10. The molecule has 0 saturated heterocycles. The molecule has 1 aliphatic carbocycles. The molecule has 1 aromatic carbocycles. The van der Waals surface area contributed by atoms with Gasteiger partial charge in [-0.05, 0) is 44.9 Å². The Hall–Kier alpha value is -1.30. The Morgan fingerprint density at radius 3 is 2.50 bits per heavy atom. The van der Waals surface area contributed by atoms with Crippen molar-refractivity contribution in [1.82, 2.24) is 0 Å². The number of carbonyl (C=O) groups excluding carboxylic acids is 1. The third-order valence-electron chi connectivity index (χ3n) is 5.17. The number of hydrogen-bond acceptors (Lipinski definition) is 4. The number of carbonyl (C=O) groups is 1. The van der Waals surface area contributed by atoms with E-state index in [-0.39, 0.29) is 11.5 Å². The molecule has 1 saturated carbocycles. The standard InChI is InChI=1S/C20H30ClNO4/c1-19(2,24-3)12-13-26-17-9-8-15(14-16(17)21)22-18(23)20(25-4)10-6-5-7-11-20/h8-9,14H,5-7,10-13H2,1-4H3,(H,22,23). The first kappa shape index (κ1) is 21.0. The van der Waals surface area contributed by atoms with Gasteiger partial charge in [-0.15, -0.1) is 0 Å². The van der Waals surface area contributed by atoms with Crippen molar-refractivity contribution in [2.75, 3.05) is 26.1 Å². The van der Waals surface area contributed by atoms with Crippen molar-refractivity contribution in [3.8, 4) is 5.75 Å². The maximum Gasteiger partial charge on any atom is 0.256 e. The number of nitrogens with one attached hydrogen (secondary N) is 1. The topological polar surface area (TPSA) is 56.8 Å². The van der Waals surface area contributed by atoms with E-state index >= 15 is 0 Å². The lowest BCUT2D eigenvalue weighted by molar-refractivity contribution is -0.141. The molecule has 1 amide bonds. The van der Waals surface area contributed by atoms with E-state index in [4.69, 9.17) is 25.8 Å². The quantitative estimate of drug-likeness (QED) is 0.699. The molecule has 1 N–H and O–H groups in total. The van der Waals surface area contributed by atoms with Gasteiger partial charge in [-0.3, -0.25) is 4.79 Å². The smallest absolute Gasteiger partial charge is 0.256 e. The highest BCUT2D eigenvalue weighted by atomic mass is 35.5. The van der Waals surface area contributed by atoms with E-state index in [9.17, 15) is 4.79 Å². The van der Waals surface area contributed by atoms with Gasteiger partial charge in [-0.25, -0.2) is 0 Å². The molecule has 146 valence electrons. The molecule has 0 bridgehead atoms. The molecular formula is C20H30ClNO4. The van der Waals surface area contributed by atoms with E-state index in [0.717, 1.165) is 38.5 Å². The number of benzene rings is 1. The van der Waals surface area contributed by atoms with Crippen LogP contribution in [0.25, 0.3) is 0 Å². The Bertz CT molecular complexity index is 612. The van der Waals surface area contributed by atoms with Crippen LogP contribution in [0.1, 0.15) is 52.4 Å². The molecule has 0 heterocycles. The zero-order valence-corrected chi connectivity index (χ0v) is 16.9. The summed E-state index contributed by atoms with van der Waals surface area (Å²) in [6.45, 7) is 4.51. The van der Waals surface area contributed by atoms with Crippen LogP contribution in [0.4, 0.5) is 5.69 Å². The zero-order valence-electron chi connectivity index (χ0n) is 16.2. The summed E-state index contributed by atoms with van der Waals surface area (Å²) in [4.78, 5) is 12.7. The summed E-state index contributed by atoms with van der Waals surface area (Å²) in [6, 6.07) is 5.29. The van der Waals surface area contributed by atoms with Crippen molar-refractivity contribution in [3.05, 3.63) is 23.2 Å². The molecule has 1 aliphatic rings. The van der Waals surface area contributed by atoms with E-state index in [2.05, 4.69) is 5.32 Å². The van der Waals surface area contributed by atoms with Crippen LogP contribution in [0, 0.1) is 0 Å². The zero-order chi connectivity index (χ0) is 19.2. The third-order valence-corrected chi connectivity index (χ3v) is 5.47. The maximum absolute atomic E-state index is 12.7. The summed E-state index contributed by atoms with van der Waals surface area (Å²) in [7, 11) is 3.29. The lowest BCUT2D eigenvalue weighted by atomic mass is 9.84. The molecule has 0 unspecified atom stereocenters. The SMILES string of the molecule is COC(C)(C)CCOc1ccc(NC(=O)C2(OC)CCCCC2)cc1Cl. The Kier molecular flexibility index (Phi) is 7.33. The molecule has 6 heteroatoms. The Labute approximate surface area is 161 Å². The Morgan fingerprint density at radius 1 is 1.23 bits per heavy atom. The largest absolute Gasteiger partial charge is 0.492 e. The summed E-state index contributed by atoms with van der Waals surface area (Å²) in [5.74, 6) is 0.488. The molecule has 0 aromatic heterocycles. The van der Waals surface area contributed by atoms with Gasteiger partial charge in [0.15, 0.2) is 0 Å². The molecule has 2 rings (SSSR count). The van der Waals surface area contributed by atoms with Gasteiger partial charge in [0, 0.05) is 26.3 Å². The molecular weight excluding hydrogens is 354 g/mol. The minimum absolute atomic E-state index is 0.105. The van der Waals surface area contributed by atoms with Crippen LogP contribution in [-0.2, 0) is 14.3 Å². The molecule has 1 fully saturated rings. The Balaban J connectivity index is 1.97. The summed E-state index contributed by atoms with van der Waals surface area (Å²) >= 11 is 6.31. The minimum Gasteiger partial charge on any atom is -0.492 e. The summed E-state index contributed by atoms with van der Waals surface area (Å²) in [5.41, 5.74) is -0.327. The molecule has 1 aromatic rings. The summed E-state index contributed by atoms with van der Waals surface area (Å²) < 4.78 is 16.7. The number of ether oxygens (including phenoxy) is 3. The van der Waals surface area contributed by atoms with Crippen LogP contribution in [0.15, 0.2) is 18.2 Å². The predicted octanol–water partition coefficient (Wildman–Crippen LogP) is 4.82. The molecule has 0 spiro atoms. The first-order valence-corrected chi connectivity index (χ1v) is 9.54. The van der Waals surface area contributed by atoms with Crippen LogP contribution in [0.2, 0.25) is 5.02 Å². The van der Waals surface area contributed by atoms with Gasteiger partial charge in [-0.1, -0.05) is 30.9 Å². The Morgan fingerprint density at radius 2 is 1.92 bits per heavy atom. The third kappa shape index (κ3) is 5.35. The van der Waals surface area contributed by atoms with Gasteiger partial charge in [0.05, 0.1) is 17.2 Å². The number of methoxy groups -OCH3 is 2. The first-order valence-electron chi connectivity index (χ1n) is 9.16. The van der Waals surface area contributed by atoms with Crippen LogP contribution in [0.5, 0.6) is 5.75 Å². The second-order valence-electron chi connectivity index (χ2n) is 7.42. The van der Waals surface area contributed by atoms with E-state index in [1.165, 1.54) is 0 Å². The van der Waals surface area contributed by atoms with E-state index in [0.29, 0.717) is 23.1 Å². The highest BCUT2D eigenvalue weighted by Crippen LogP contribution is 2.33. The molecule has 5 nitrogen and oxygen atoms in total. The highest BCUT2D eigenvalue weighted by Gasteiger charge is 2.39. The molecule has 0 atom stereocenters. The second-order valence-corrected chi connectivity index (χ2v) is 7.83. The number of hydrogen-bond donors (Lipinski definition) is 1. The van der Waals surface area contributed by atoms with Crippen molar-refractivity contribution in [2.24, 2.45) is 0 Å². The van der Waals surface area contributed by atoms with E-state index in [1.54, 1.807) is 32.4 Å². The van der Waals surface area contributed by atoms with Crippen molar-refractivity contribution in [3.63, 3.8) is 0 Å². The van der Waals surface area contributed by atoms with Crippen LogP contribution >= 0.6 is 11.6 Å². The average molecular weight is 384 g/mol. The van der Waals surface area contributed by atoms with Gasteiger partial charge in [-0.2, -0.15) is 0 Å². The number of halogens is 1. The van der Waals surface area contributed by atoms with Crippen molar-refractivity contribution >= 4 is 23.2 Å². The lowest BCUT2D eigenvalue weighted by Crippen LogP contribution is -2.46. The molecule has 0 radical (unpaired) electrons. The van der Waals surface area contributed by atoms with Crippen molar-refractivity contribution in [1.29, 1.82) is 0 Å². The average Bonchev–Trinajstić information content (AvgIpc) is 2.64. The lowest BCUT2D eigenvalue weighted by Gasteiger charge is -2.34. The fourth-order valence-corrected chi connectivity index (χ4v) is 3.33. The minimum atomic E-state index is -0.731. The highest BCUT2D eigenvalue weighted by molar-refractivity contribution is 6.32. The van der Waals surface area contributed by atoms with Gasteiger partial charge in [0.25, 0.3) is 5.91 Å². The predicted molar refractivity (Wildman–Crippen MR) is 104 cm³/mol. The monoisotopic (exact) mass is 383 g/mol. The second kappa shape index (κ2) is 9.07. The van der Waals surface area contributed by atoms with Crippen LogP contribution in [-0.4, -0.2) is 37.9 Å². The van der Waals surface area contributed by atoms with Gasteiger partial charge >= 0.3 is 0 Å². The van der Waals surface area contributed by atoms with Crippen LogP contribution in [0.3, 0.4) is 0 Å². The first-order chi connectivity index (χ1) is 12.3. The molecule has 0 aliphatic heterocycles. The van der Waals surface area contributed by atoms with E-state index < -0.39 is 5.60 Å². The fraction of sp³-hybridized carbons (Fsp3) is 0.650. The van der Waals surface area contributed by atoms with Gasteiger partial charge < -0.3 is 19.5 Å². The number of amides is 1. The number of anilines is 1. The summed E-state index contributed by atoms with van der Waals surface area (Å²) in [5, 5.41) is 3.40. The summed E-state index contributed by atoms with van der Waals surface area (Å²) in [6.07, 6.45) is 5.41. The van der Waals surface area contributed by atoms with E-state index in [1.807, 2.05) is 13.8 Å². The normalized spacial score (nSPS) is 17.0.